The number of aliphatic carboxylic acids is 2. The van der Waals surface area contributed by atoms with Crippen molar-refractivity contribution in [3.8, 4) is 0 Å². The number of hydrogen-bond acceptors (Lipinski definition) is 4. The normalized spacial score (nSPS) is 13.4. The lowest BCUT2D eigenvalue weighted by Gasteiger charge is -2.31. The van der Waals surface area contributed by atoms with Crippen LogP contribution in [0.25, 0.3) is 0 Å². The van der Waals surface area contributed by atoms with E-state index in [9.17, 15) is 18.7 Å². The van der Waals surface area contributed by atoms with Crippen LogP contribution in [-0.2, 0) is 18.7 Å². The highest BCUT2D eigenvalue weighted by Crippen LogP contribution is 2.72. The second-order valence-corrected chi connectivity index (χ2v) is 7.45. The van der Waals surface area contributed by atoms with Crippen molar-refractivity contribution in [1.82, 2.24) is 0 Å². The minimum atomic E-state index is -5.66. The molecule has 0 amide bonds. The van der Waals surface area contributed by atoms with E-state index < -0.39 is 44.9 Å². The molecule has 10 nitrogen and oxygen atoms in total. The molecule has 0 atom stereocenters. The van der Waals surface area contributed by atoms with Gasteiger partial charge in [-0.25, -0.2) is 0 Å². The molecule has 0 heterocycles. The van der Waals surface area contributed by atoms with Crippen molar-refractivity contribution in [1.29, 1.82) is 0 Å². The fraction of sp³-hybridized carbons (Fsp3) is 0.600. The Kier molecular flexibility index (Phi) is 4.63. The topological polar surface area (TPSA) is 190 Å². The van der Waals surface area contributed by atoms with Crippen LogP contribution >= 0.6 is 15.2 Å². The Balaban J connectivity index is 5.90. The summed E-state index contributed by atoms with van der Waals surface area (Å²) < 4.78 is 22.1. The Labute approximate surface area is 94.2 Å². The van der Waals surface area contributed by atoms with Gasteiger partial charge in [-0.3, -0.25) is 18.7 Å². The molecule has 0 spiro atoms. The van der Waals surface area contributed by atoms with Crippen LogP contribution in [-0.4, -0.2) is 46.6 Å². The first-order valence-electron chi connectivity index (χ1n) is 3.88. The summed E-state index contributed by atoms with van der Waals surface area (Å²) in [6.07, 6.45) is -3.32. The minimum Gasteiger partial charge on any atom is -0.481 e. The predicted molar refractivity (Wildman–Crippen MR) is 51.3 cm³/mol. The van der Waals surface area contributed by atoms with Crippen LogP contribution in [0.15, 0.2) is 0 Å². The zero-order valence-corrected chi connectivity index (χ0v) is 9.91. The minimum absolute atomic E-state index is 1.66. The van der Waals surface area contributed by atoms with Crippen molar-refractivity contribution in [2.45, 2.75) is 17.7 Å². The highest BCUT2D eigenvalue weighted by Gasteiger charge is 2.62. The zero-order valence-electron chi connectivity index (χ0n) is 8.12. The van der Waals surface area contributed by atoms with Gasteiger partial charge in [-0.2, -0.15) is 0 Å². The van der Waals surface area contributed by atoms with Gasteiger partial charge in [-0.05, 0) is 0 Å². The number of carboxylic acids is 2. The van der Waals surface area contributed by atoms with Crippen LogP contribution in [0.1, 0.15) is 12.8 Å². The van der Waals surface area contributed by atoms with Crippen LogP contribution < -0.4 is 0 Å². The fourth-order valence-electron chi connectivity index (χ4n) is 1.13. The van der Waals surface area contributed by atoms with E-state index in [2.05, 4.69) is 0 Å². The lowest BCUT2D eigenvalue weighted by atomic mass is 10.2. The molecule has 0 rings (SSSR count). The number of rotatable bonds is 6. The summed E-state index contributed by atoms with van der Waals surface area (Å²) in [6.45, 7) is 0. The zero-order chi connectivity index (χ0) is 14.1. The summed E-state index contributed by atoms with van der Waals surface area (Å²) in [7, 11) is -11.3. The maximum Gasteiger partial charge on any atom is 0.344 e. The number of hydrogen-bond donors (Lipinski definition) is 6. The van der Waals surface area contributed by atoms with Crippen molar-refractivity contribution in [3.05, 3.63) is 0 Å². The third-order valence-electron chi connectivity index (χ3n) is 1.95. The van der Waals surface area contributed by atoms with Gasteiger partial charge in [0.15, 0.2) is 4.90 Å². The van der Waals surface area contributed by atoms with Gasteiger partial charge in [0, 0.05) is 0 Å². The van der Waals surface area contributed by atoms with Gasteiger partial charge in [0.2, 0.25) is 0 Å². The average molecular weight is 292 g/mol. The lowest BCUT2D eigenvalue weighted by molar-refractivity contribution is -0.139. The molecule has 0 saturated heterocycles. The van der Waals surface area contributed by atoms with Gasteiger partial charge in [0.05, 0.1) is 12.8 Å². The third-order valence-corrected chi connectivity index (χ3v) is 6.32. The maximum absolute atomic E-state index is 11.0. The highest BCUT2D eigenvalue weighted by molar-refractivity contribution is 7.72. The molecule has 0 aromatic carbocycles. The molecule has 0 radical (unpaired) electrons. The summed E-state index contributed by atoms with van der Waals surface area (Å²) in [5, 5.41) is 16.8. The highest BCUT2D eigenvalue weighted by atomic mass is 31.2. The lowest BCUT2D eigenvalue weighted by Crippen LogP contribution is -2.34. The second-order valence-electron chi connectivity index (χ2n) is 3.21. The van der Waals surface area contributed by atoms with Crippen LogP contribution in [0.2, 0.25) is 0 Å². The fourth-order valence-corrected chi connectivity index (χ4v) is 3.85. The summed E-state index contributed by atoms with van der Waals surface area (Å²) in [4.78, 5) is 52.8. The van der Waals surface area contributed by atoms with Crippen molar-refractivity contribution < 1.29 is 48.5 Å². The van der Waals surface area contributed by atoms with Crippen molar-refractivity contribution in [2.24, 2.45) is 0 Å². The maximum atomic E-state index is 11.0. The van der Waals surface area contributed by atoms with E-state index in [0.717, 1.165) is 0 Å². The molecule has 0 aromatic rings. The van der Waals surface area contributed by atoms with Gasteiger partial charge in [0.25, 0.3) is 0 Å². The van der Waals surface area contributed by atoms with Crippen LogP contribution in [0.3, 0.4) is 0 Å². The molecule has 100 valence electrons. The van der Waals surface area contributed by atoms with Gasteiger partial charge in [0.1, 0.15) is 0 Å². The molecule has 0 bridgehead atoms. The molecular formula is C5H10O10P2. The summed E-state index contributed by atoms with van der Waals surface area (Å²) in [5.41, 5.74) is 0. The molecule has 0 aliphatic heterocycles. The van der Waals surface area contributed by atoms with Gasteiger partial charge in [-0.1, -0.05) is 0 Å². The molecule has 0 unspecified atom stereocenters. The van der Waals surface area contributed by atoms with E-state index in [4.69, 9.17) is 29.8 Å². The second kappa shape index (κ2) is 4.85. The third kappa shape index (κ3) is 3.60. The first-order valence-corrected chi connectivity index (χ1v) is 7.11. The molecule has 0 saturated carbocycles. The number of carbonyl (C=O) groups is 2. The summed E-state index contributed by atoms with van der Waals surface area (Å²) in [5.74, 6) is -3.86. The Morgan fingerprint density at radius 2 is 1.06 bits per heavy atom. The van der Waals surface area contributed by atoms with Crippen molar-refractivity contribution in [2.75, 3.05) is 0 Å². The molecule has 6 N–H and O–H groups in total. The molecule has 12 heteroatoms. The first kappa shape index (κ1) is 16.2. The largest absolute Gasteiger partial charge is 0.481 e. The van der Waals surface area contributed by atoms with E-state index >= 15 is 0 Å². The van der Waals surface area contributed by atoms with E-state index in [-0.39, 0.29) is 0 Å². The van der Waals surface area contributed by atoms with Crippen molar-refractivity contribution >= 4 is 27.1 Å². The molecule has 0 aromatic heterocycles. The van der Waals surface area contributed by atoms with E-state index in [1.54, 1.807) is 0 Å². The van der Waals surface area contributed by atoms with Gasteiger partial charge in [-0.15, -0.1) is 0 Å². The van der Waals surface area contributed by atoms with E-state index in [1.165, 1.54) is 0 Å². The SMILES string of the molecule is O=C(O)CC(CC(=O)O)(P(=O)(O)O)P(=O)(O)O. The van der Waals surface area contributed by atoms with Crippen LogP contribution in [0.5, 0.6) is 0 Å². The quantitative estimate of drug-likeness (QED) is 0.330. The van der Waals surface area contributed by atoms with Crippen molar-refractivity contribution in [3.63, 3.8) is 0 Å². The summed E-state index contributed by atoms with van der Waals surface area (Å²) in [6, 6.07) is 0. The van der Waals surface area contributed by atoms with Gasteiger partial charge >= 0.3 is 27.1 Å². The monoisotopic (exact) mass is 292 g/mol. The van der Waals surface area contributed by atoms with E-state index in [0.29, 0.717) is 0 Å². The Hall–Kier alpha value is -0.760. The van der Waals surface area contributed by atoms with Crippen LogP contribution in [0.4, 0.5) is 0 Å². The summed E-state index contributed by atoms with van der Waals surface area (Å²) >= 11 is 0. The Morgan fingerprint density at radius 3 is 1.18 bits per heavy atom. The molecule has 17 heavy (non-hydrogen) atoms. The van der Waals surface area contributed by atoms with E-state index in [1.807, 2.05) is 0 Å². The standard InChI is InChI=1S/C5H10O10P2/c6-3(7)1-5(2-4(8)9,16(10,11)12)17(13,14)15/h1-2H2,(H,6,7)(H,8,9)(H2,10,11,12)(H2,13,14,15). The molecular weight excluding hydrogens is 282 g/mol. The first-order chi connectivity index (χ1) is 7.33. The van der Waals surface area contributed by atoms with Gasteiger partial charge < -0.3 is 29.8 Å². The Morgan fingerprint density at radius 1 is 0.824 bits per heavy atom. The predicted octanol–water partition coefficient (Wildman–Crippen LogP) is -1.01. The average Bonchev–Trinajstić information content (AvgIpc) is 1.96. The molecule has 0 fully saturated rings. The Bertz CT molecular complexity index is 374. The molecule has 0 aliphatic carbocycles. The van der Waals surface area contributed by atoms with Crippen LogP contribution in [0, 0.1) is 0 Å². The number of carboxylic acid groups (broad SMARTS) is 2. The smallest absolute Gasteiger partial charge is 0.344 e. The molecule has 0 aliphatic rings.